The lowest BCUT2D eigenvalue weighted by Gasteiger charge is -2.35. The summed E-state index contributed by atoms with van der Waals surface area (Å²) in [5, 5.41) is 3.20. The Morgan fingerprint density at radius 3 is 2.27 bits per heavy atom. The van der Waals surface area contributed by atoms with Crippen LogP contribution in [0, 0.1) is 0 Å². The molecule has 4 rings (SSSR count). The Hall–Kier alpha value is -2.82. The van der Waals surface area contributed by atoms with Gasteiger partial charge < -0.3 is 15.1 Å². The van der Waals surface area contributed by atoms with Gasteiger partial charge in [-0.05, 0) is 49.8 Å². The molecule has 158 valence electrons. The summed E-state index contributed by atoms with van der Waals surface area (Å²) in [6.45, 7) is 3.44. The molecular formula is C25H31N3O2. The zero-order chi connectivity index (χ0) is 20.8. The van der Waals surface area contributed by atoms with E-state index < -0.39 is 0 Å². The molecule has 5 heteroatoms. The first kappa shape index (κ1) is 20.5. The van der Waals surface area contributed by atoms with Crippen LogP contribution < -0.4 is 10.2 Å². The molecule has 0 aliphatic carbocycles. The fourth-order valence-electron chi connectivity index (χ4n) is 4.49. The van der Waals surface area contributed by atoms with Crippen molar-refractivity contribution in [2.75, 3.05) is 31.1 Å². The number of carbonyl (C=O) groups is 2. The number of anilines is 1. The molecular weight excluding hydrogens is 374 g/mol. The second kappa shape index (κ2) is 9.79. The van der Waals surface area contributed by atoms with Gasteiger partial charge in [-0.1, -0.05) is 42.5 Å². The summed E-state index contributed by atoms with van der Waals surface area (Å²) in [5.41, 5.74) is 3.04. The van der Waals surface area contributed by atoms with Crippen LogP contribution >= 0.6 is 0 Å². The van der Waals surface area contributed by atoms with Gasteiger partial charge in [0.1, 0.15) is 0 Å². The third-order valence-corrected chi connectivity index (χ3v) is 6.21. The van der Waals surface area contributed by atoms with Crippen LogP contribution in [0.2, 0.25) is 0 Å². The number of nitrogens with zero attached hydrogens (tertiary/aromatic N) is 2. The molecule has 0 saturated carbocycles. The Morgan fingerprint density at radius 1 is 0.867 bits per heavy atom. The SMILES string of the molecule is O=C(CCc1ccccc1)NC1CCN(c2ccccc2C(=O)N2CCCC2)CC1. The van der Waals surface area contributed by atoms with Gasteiger partial charge in [0, 0.05) is 44.3 Å². The molecule has 2 saturated heterocycles. The third kappa shape index (κ3) is 5.02. The molecule has 2 aliphatic heterocycles. The van der Waals surface area contributed by atoms with Crippen molar-refractivity contribution in [2.45, 2.75) is 44.6 Å². The minimum absolute atomic E-state index is 0.127. The van der Waals surface area contributed by atoms with Crippen LogP contribution in [0.1, 0.15) is 48.0 Å². The zero-order valence-electron chi connectivity index (χ0n) is 17.6. The Kier molecular flexibility index (Phi) is 6.67. The normalized spacial score (nSPS) is 17.2. The lowest BCUT2D eigenvalue weighted by molar-refractivity contribution is -0.121. The molecule has 2 aliphatic rings. The number of carbonyl (C=O) groups excluding carboxylic acids is 2. The number of aryl methyl sites for hydroxylation is 1. The molecule has 2 fully saturated rings. The Balaban J connectivity index is 1.29. The number of hydrogen-bond donors (Lipinski definition) is 1. The molecule has 0 unspecified atom stereocenters. The molecule has 0 atom stereocenters. The van der Waals surface area contributed by atoms with E-state index >= 15 is 0 Å². The third-order valence-electron chi connectivity index (χ3n) is 6.21. The van der Waals surface area contributed by atoms with Crippen LogP contribution in [-0.2, 0) is 11.2 Å². The number of likely N-dealkylation sites (tertiary alicyclic amines) is 1. The van der Waals surface area contributed by atoms with E-state index in [0.29, 0.717) is 6.42 Å². The molecule has 0 aromatic heterocycles. The highest BCUT2D eigenvalue weighted by molar-refractivity contribution is 6.00. The van der Waals surface area contributed by atoms with E-state index in [2.05, 4.69) is 28.4 Å². The molecule has 2 aromatic carbocycles. The van der Waals surface area contributed by atoms with Crippen LogP contribution in [0.3, 0.4) is 0 Å². The van der Waals surface area contributed by atoms with Gasteiger partial charge in [0.15, 0.2) is 0 Å². The van der Waals surface area contributed by atoms with Gasteiger partial charge in [0.25, 0.3) is 5.91 Å². The van der Waals surface area contributed by atoms with Gasteiger partial charge in [0.2, 0.25) is 5.91 Å². The number of hydrogen-bond acceptors (Lipinski definition) is 3. The average molecular weight is 406 g/mol. The van der Waals surface area contributed by atoms with Crippen molar-refractivity contribution in [2.24, 2.45) is 0 Å². The lowest BCUT2D eigenvalue weighted by atomic mass is 10.0. The number of amides is 2. The average Bonchev–Trinajstić information content (AvgIpc) is 3.34. The predicted octanol–water partition coefficient (Wildman–Crippen LogP) is 3.64. The Morgan fingerprint density at radius 2 is 1.53 bits per heavy atom. The van der Waals surface area contributed by atoms with Crippen LogP contribution in [0.5, 0.6) is 0 Å². The van der Waals surface area contributed by atoms with Crippen molar-refractivity contribution in [3.8, 4) is 0 Å². The van der Waals surface area contributed by atoms with Crippen molar-refractivity contribution in [1.29, 1.82) is 0 Å². The summed E-state index contributed by atoms with van der Waals surface area (Å²) in [6.07, 6.45) is 5.31. The van der Waals surface area contributed by atoms with E-state index in [1.165, 1.54) is 5.56 Å². The first-order chi connectivity index (χ1) is 14.7. The number of nitrogens with one attached hydrogen (secondary N) is 1. The van der Waals surface area contributed by atoms with Gasteiger partial charge in [-0.2, -0.15) is 0 Å². The van der Waals surface area contributed by atoms with Crippen molar-refractivity contribution < 1.29 is 9.59 Å². The zero-order valence-corrected chi connectivity index (χ0v) is 17.6. The second-order valence-corrected chi connectivity index (χ2v) is 8.33. The molecule has 2 amide bonds. The van der Waals surface area contributed by atoms with Gasteiger partial charge in [-0.25, -0.2) is 0 Å². The Bertz CT molecular complexity index is 854. The second-order valence-electron chi connectivity index (χ2n) is 8.33. The first-order valence-corrected chi connectivity index (χ1v) is 11.2. The van der Waals surface area contributed by atoms with Crippen LogP contribution in [0.15, 0.2) is 54.6 Å². The van der Waals surface area contributed by atoms with Crippen LogP contribution in [0.25, 0.3) is 0 Å². The first-order valence-electron chi connectivity index (χ1n) is 11.2. The highest BCUT2D eigenvalue weighted by atomic mass is 16.2. The summed E-state index contributed by atoms with van der Waals surface area (Å²) in [5.74, 6) is 0.279. The van der Waals surface area contributed by atoms with E-state index in [-0.39, 0.29) is 17.9 Å². The largest absolute Gasteiger partial charge is 0.371 e. The highest BCUT2D eigenvalue weighted by Crippen LogP contribution is 2.26. The van der Waals surface area contributed by atoms with Gasteiger partial charge in [-0.15, -0.1) is 0 Å². The number of benzene rings is 2. The molecule has 2 aromatic rings. The predicted molar refractivity (Wildman–Crippen MR) is 120 cm³/mol. The molecule has 2 heterocycles. The highest BCUT2D eigenvalue weighted by Gasteiger charge is 2.26. The van der Waals surface area contributed by atoms with Gasteiger partial charge in [-0.3, -0.25) is 9.59 Å². The van der Waals surface area contributed by atoms with Crippen LogP contribution in [-0.4, -0.2) is 48.9 Å². The minimum atomic E-state index is 0.127. The summed E-state index contributed by atoms with van der Waals surface area (Å²) < 4.78 is 0. The van der Waals surface area contributed by atoms with Gasteiger partial charge >= 0.3 is 0 Å². The summed E-state index contributed by atoms with van der Waals surface area (Å²) >= 11 is 0. The van der Waals surface area contributed by atoms with E-state index in [1.807, 2.05) is 41.3 Å². The van der Waals surface area contributed by atoms with E-state index in [4.69, 9.17) is 0 Å². The summed E-state index contributed by atoms with van der Waals surface area (Å²) in [7, 11) is 0. The molecule has 0 radical (unpaired) electrons. The van der Waals surface area contributed by atoms with Crippen molar-refractivity contribution in [1.82, 2.24) is 10.2 Å². The maximum atomic E-state index is 13.0. The van der Waals surface area contributed by atoms with Crippen molar-refractivity contribution >= 4 is 17.5 Å². The molecule has 1 N–H and O–H groups in total. The fraction of sp³-hybridized carbons (Fsp3) is 0.440. The number of rotatable bonds is 6. The monoisotopic (exact) mass is 405 g/mol. The lowest BCUT2D eigenvalue weighted by Crippen LogP contribution is -2.45. The Labute approximate surface area is 179 Å². The van der Waals surface area contributed by atoms with Crippen molar-refractivity contribution in [3.63, 3.8) is 0 Å². The number of piperidine rings is 1. The van der Waals surface area contributed by atoms with Gasteiger partial charge in [0.05, 0.1) is 5.56 Å². The van der Waals surface area contributed by atoms with Crippen molar-refractivity contribution in [3.05, 3.63) is 65.7 Å². The quantitative estimate of drug-likeness (QED) is 0.798. The maximum Gasteiger partial charge on any atom is 0.255 e. The van der Waals surface area contributed by atoms with E-state index in [9.17, 15) is 9.59 Å². The molecule has 30 heavy (non-hydrogen) atoms. The maximum absolute atomic E-state index is 13.0. The minimum Gasteiger partial charge on any atom is -0.371 e. The molecule has 5 nitrogen and oxygen atoms in total. The van der Waals surface area contributed by atoms with E-state index in [0.717, 1.165) is 69.5 Å². The molecule has 0 bridgehead atoms. The topological polar surface area (TPSA) is 52.7 Å². The smallest absolute Gasteiger partial charge is 0.255 e. The summed E-state index contributed by atoms with van der Waals surface area (Å²) in [4.78, 5) is 29.6. The summed E-state index contributed by atoms with van der Waals surface area (Å²) in [6, 6.07) is 18.3. The van der Waals surface area contributed by atoms with E-state index in [1.54, 1.807) is 0 Å². The number of para-hydroxylation sites is 1. The molecule has 0 spiro atoms. The van der Waals surface area contributed by atoms with Crippen LogP contribution in [0.4, 0.5) is 5.69 Å². The fourth-order valence-corrected chi connectivity index (χ4v) is 4.49. The standard InChI is InChI=1S/C25H31N3O2/c29-24(13-12-20-8-2-1-3-9-20)26-21-14-18-27(19-15-21)23-11-5-4-10-22(23)25(30)28-16-6-7-17-28/h1-5,8-11,21H,6-7,12-19H2,(H,26,29).